The molecule has 9 nitrogen and oxygen atoms in total. The summed E-state index contributed by atoms with van der Waals surface area (Å²) in [5, 5.41) is 13.8. The number of ether oxygens (including phenoxy) is 1. The van der Waals surface area contributed by atoms with Gasteiger partial charge in [-0.05, 0) is 50.6 Å². The van der Waals surface area contributed by atoms with E-state index in [1.807, 2.05) is 13.8 Å². The van der Waals surface area contributed by atoms with Crippen LogP contribution in [0.25, 0.3) is 0 Å². The van der Waals surface area contributed by atoms with Crippen LogP contribution in [0.2, 0.25) is 0 Å². The Morgan fingerprint density at radius 2 is 1.83 bits per heavy atom. The van der Waals surface area contributed by atoms with Crippen molar-refractivity contribution in [3.63, 3.8) is 0 Å². The van der Waals surface area contributed by atoms with Crippen molar-refractivity contribution in [3.8, 4) is 5.75 Å². The summed E-state index contributed by atoms with van der Waals surface area (Å²) in [7, 11) is -3.90. The minimum Gasteiger partial charge on any atom is -0.491 e. The number of rotatable bonds is 9. The molecule has 1 amide bonds. The molecule has 0 saturated heterocycles. The van der Waals surface area contributed by atoms with Crippen molar-refractivity contribution in [2.24, 2.45) is 0 Å². The Balaban J connectivity index is 2.32. The highest BCUT2D eigenvalue weighted by atomic mass is 32.2. The number of sulfonamides is 1. The molecule has 2 aromatic carbocycles. The van der Waals surface area contributed by atoms with Gasteiger partial charge in [-0.25, -0.2) is 8.42 Å². The summed E-state index contributed by atoms with van der Waals surface area (Å²) in [6.45, 7) is 5.46. The van der Waals surface area contributed by atoms with E-state index in [1.54, 1.807) is 31.2 Å². The molecule has 0 saturated carbocycles. The van der Waals surface area contributed by atoms with Crippen LogP contribution >= 0.6 is 0 Å². The molecular formula is C20H25N3O6S. The van der Waals surface area contributed by atoms with E-state index in [0.29, 0.717) is 11.4 Å². The highest BCUT2D eigenvalue weighted by Gasteiger charge is 2.32. The van der Waals surface area contributed by atoms with Gasteiger partial charge in [-0.2, -0.15) is 0 Å². The molecule has 0 fully saturated rings. The molecule has 0 spiro atoms. The van der Waals surface area contributed by atoms with Crippen molar-refractivity contribution in [1.29, 1.82) is 0 Å². The lowest BCUT2D eigenvalue weighted by Crippen LogP contribution is -2.47. The van der Waals surface area contributed by atoms with Crippen molar-refractivity contribution in [2.45, 2.75) is 39.3 Å². The zero-order chi connectivity index (χ0) is 22.5. The molecule has 0 bridgehead atoms. The summed E-state index contributed by atoms with van der Waals surface area (Å²) in [4.78, 5) is 23.4. The molecule has 0 aliphatic rings. The summed E-state index contributed by atoms with van der Waals surface area (Å²) in [6, 6.07) is 10.8. The van der Waals surface area contributed by atoms with Gasteiger partial charge in [0, 0.05) is 17.8 Å². The number of non-ortho nitro benzene ring substituents is 1. The number of nitro groups is 1. The van der Waals surface area contributed by atoms with E-state index in [-0.39, 0.29) is 23.9 Å². The zero-order valence-corrected chi connectivity index (χ0v) is 18.0. The van der Waals surface area contributed by atoms with Crippen molar-refractivity contribution in [2.75, 3.05) is 15.9 Å². The smallest absolute Gasteiger partial charge is 0.271 e. The molecule has 2 rings (SSSR count). The molecule has 0 heterocycles. The number of nitro benzene ring substituents is 1. The number of hydrogen-bond donors (Lipinski definition) is 1. The summed E-state index contributed by atoms with van der Waals surface area (Å²) < 4.78 is 31.4. The molecule has 0 unspecified atom stereocenters. The second kappa shape index (κ2) is 9.57. The molecule has 0 aromatic heterocycles. The number of amides is 1. The average molecular weight is 436 g/mol. The van der Waals surface area contributed by atoms with E-state index in [4.69, 9.17) is 4.74 Å². The van der Waals surface area contributed by atoms with Gasteiger partial charge in [-0.3, -0.25) is 19.2 Å². The molecule has 2 aromatic rings. The quantitative estimate of drug-likeness (QED) is 0.475. The number of hydrogen-bond acceptors (Lipinski definition) is 6. The van der Waals surface area contributed by atoms with E-state index in [0.717, 1.165) is 16.6 Å². The van der Waals surface area contributed by atoms with Gasteiger partial charge in [0.1, 0.15) is 11.8 Å². The Morgan fingerprint density at radius 3 is 2.33 bits per heavy atom. The minimum atomic E-state index is -3.90. The molecule has 0 radical (unpaired) electrons. The predicted molar refractivity (Wildman–Crippen MR) is 115 cm³/mol. The van der Waals surface area contributed by atoms with Crippen LogP contribution in [0.5, 0.6) is 5.75 Å². The molecular weight excluding hydrogens is 410 g/mol. The van der Waals surface area contributed by atoms with Crippen molar-refractivity contribution < 1.29 is 22.9 Å². The van der Waals surface area contributed by atoms with Crippen molar-refractivity contribution >= 4 is 33.0 Å². The van der Waals surface area contributed by atoms with Crippen LogP contribution in [0.15, 0.2) is 48.5 Å². The van der Waals surface area contributed by atoms with Crippen molar-refractivity contribution in [3.05, 3.63) is 58.6 Å². The molecule has 1 atom stereocenters. The number of nitrogens with one attached hydrogen (secondary N) is 1. The lowest BCUT2D eigenvalue weighted by molar-refractivity contribution is -0.384. The van der Waals surface area contributed by atoms with Crippen LogP contribution in [0.4, 0.5) is 17.1 Å². The largest absolute Gasteiger partial charge is 0.491 e. The van der Waals surface area contributed by atoms with Crippen LogP contribution in [0.3, 0.4) is 0 Å². The Bertz CT molecular complexity index is 1010. The van der Waals surface area contributed by atoms with Gasteiger partial charge in [0.25, 0.3) is 5.69 Å². The van der Waals surface area contributed by atoms with Crippen LogP contribution < -0.4 is 14.4 Å². The predicted octanol–water partition coefficient (Wildman–Crippen LogP) is 3.57. The second-order valence-corrected chi connectivity index (χ2v) is 8.80. The first-order valence-corrected chi connectivity index (χ1v) is 11.2. The van der Waals surface area contributed by atoms with Crippen molar-refractivity contribution in [1.82, 2.24) is 0 Å². The molecule has 1 N–H and O–H groups in total. The standard InChI is InChI=1S/C20H25N3O6S/c1-5-19(20(24)21-15-9-11-18(12-10-15)29-14(2)3)22(30(4,27)28)16-7-6-8-17(13-16)23(25)26/h6-14,19H,5H2,1-4H3,(H,21,24)/t19-/m0/s1. The van der Waals surface area contributed by atoms with E-state index in [9.17, 15) is 23.3 Å². The maximum Gasteiger partial charge on any atom is 0.271 e. The van der Waals surface area contributed by atoms with Gasteiger partial charge < -0.3 is 10.1 Å². The number of nitrogens with zero attached hydrogens (tertiary/aromatic N) is 2. The van der Waals surface area contributed by atoms with Crippen LogP contribution in [-0.2, 0) is 14.8 Å². The first-order valence-electron chi connectivity index (χ1n) is 9.34. The van der Waals surface area contributed by atoms with Gasteiger partial charge in [0.2, 0.25) is 15.9 Å². The maximum atomic E-state index is 12.9. The number of benzene rings is 2. The van der Waals surface area contributed by atoms with Gasteiger partial charge in [0.15, 0.2) is 0 Å². The third kappa shape index (κ3) is 5.93. The summed E-state index contributed by atoms with van der Waals surface area (Å²) in [5.74, 6) is 0.0938. The number of carbonyl (C=O) groups is 1. The van der Waals surface area contributed by atoms with E-state index < -0.39 is 26.9 Å². The van der Waals surface area contributed by atoms with Crippen LogP contribution in [-0.4, -0.2) is 37.6 Å². The second-order valence-electron chi connectivity index (χ2n) is 6.94. The summed E-state index contributed by atoms with van der Waals surface area (Å²) in [5.41, 5.74) is 0.258. The third-order valence-corrected chi connectivity index (χ3v) is 5.30. The molecule has 10 heteroatoms. The Labute approximate surface area is 175 Å². The first-order chi connectivity index (χ1) is 14.0. The highest BCUT2D eigenvalue weighted by Crippen LogP contribution is 2.27. The fourth-order valence-corrected chi connectivity index (χ4v) is 4.12. The zero-order valence-electron chi connectivity index (χ0n) is 17.2. The fourth-order valence-electron chi connectivity index (χ4n) is 2.92. The Kier molecular flexibility index (Phi) is 7.38. The average Bonchev–Trinajstić information content (AvgIpc) is 2.66. The maximum absolute atomic E-state index is 12.9. The topological polar surface area (TPSA) is 119 Å². The molecule has 162 valence electrons. The van der Waals surface area contributed by atoms with Crippen LogP contribution in [0, 0.1) is 10.1 Å². The number of carbonyl (C=O) groups excluding carboxylic acids is 1. The minimum absolute atomic E-state index is 0.00756. The molecule has 30 heavy (non-hydrogen) atoms. The van der Waals surface area contributed by atoms with E-state index in [1.165, 1.54) is 18.2 Å². The van der Waals surface area contributed by atoms with Gasteiger partial charge >= 0.3 is 0 Å². The van der Waals surface area contributed by atoms with Gasteiger partial charge in [0.05, 0.1) is 23.0 Å². The lowest BCUT2D eigenvalue weighted by Gasteiger charge is -2.30. The SMILES string of the molecule is CC[C@@H](C(=O)Nc1ccc(OC(C)C)cc1)N(c1cccc([N+](=O)[O-])c1)S(C)(=O)=O. The van der Waals surface area contributed by atoms with Crippen LogP contribution in [0.1, 0.15) is 27.2 Å². The summed E-state index contributed by atoms with van der Waals surface area (Å²) in [6.07, 6.45) is 1.13. The lowest BCUT2D eigenvalue weighted by atomic mass is 10.1. The monoisotopic (exact) mass is 435 g/mol. The normalized spacial score (nSPS) is 12.3. The van der Waals surface area contributed by atoms with E-state index in [2.05, 4.69) is 5.32 Å². The number of anilines is 2. The van der Waals surface area contributed by atoms with Gasteiger partial charge in [-0.1, -0.05) is 13.0 Å². The molecule has 0 aliphatic heterocycles. The highest BCUT2D eigenvalue weighted by molar-refractivity contribution is 7.92. The van der Waals surface area contributed by atoms with Gasteiger partial charge in [-0.15, -0.1) is 0 Å². The Hall–Kier alpha value is -3.14. The fraction of sp³-hybridized carbons (Fsp3) is 0.350. The first kappa shape index (κ1) is 23.1. The summed E-state index contributed by atoms with van der Waals surface area (Å²) >= 11 is 0. The van der Waals surface area contributed by atoms with E-state index >= 15 is 0 Å². The Morgan fingerprint density at radius 1 is 1.20 bits per heavy atom. The third-order valence-electron chi connectivity index (χ3n) is 4.12. The molecule has 0 aliphatic carbocycles.